The van der Waals surface area contributed by atoms with Crippen LogP contribution >= 0.6 is 7.26 Å². The second kappa shape index (κ2) is 17.5. The largest absolute Gasteiger partial charge is 0.0939 e. The van der Waals surface area contributed by atoms with Gasteiger partial charge < -0.3 is 0 Å². The van der Waals surface area contributed by atoms with E-state index in [1.807, 2.05) is 0 Å². The molecule has 0 fully saturated rings. The Morgan fingerprint density at radius 1 is 0.464 bits per heavy atom. The average Bonchev–Trinajstić information content (AvgIpc) is 2.73. The van der Waals surface area contributed by atoms with Crippen LogP contribution in [0.4, 0.5) is 0 Å². The Hall–Kier alpha value is -0.350. The lowest BCUT2D eigenvalue weighted by atomic mass is 10.2. The van der Waals surface area contributed by atoms with Crippen molar-refractivity contribution in [3.05, 3.63) is 30.3 Å². The van der Waals surface area contributed by atoms with Gasteiger partial charge in [0.1, 0.15) is 0 Å². The summed E-state index contributed by atoms with van der Waals surface area (Å²) >= 11 is 0. The summed E-state index contributed by atoms with van der Waals surface area (Å²) in [6.45, 7) is 6.98. The number of hydrogen-bond donors (Lipinski definition) is 0. The first-order valence-corrected chi connectivity index (χ1v) is 15.0. The molecule has 0 aliphatic carbocycles. The molecule has 162 valence electrons. The summed E-state index contributed by atoms with van der Waals surface area (Å²) < 4.78 is 0. The maximum absolute atomic E-state index is 2.48. The molecule has 0 amide bonds. The SMILES string of the molecule is CCCCCCC[P+](CCCCCCC)(CCCCCCC)c1ccccc1. The van der Waals surface area contributed by atoms with E-state index in [1.54, 1.807) is 5.30 Å². The molecule has 0 atom stereocenters. The van der Waals surface area contributed by atoms with Gasteiger partial charge in [0.05, 0.1) is 23.8 Å². The third kappa shape index (κ3) is 11.0. The van der Waals surface area contributed by atoms with Crippen molar-refractivity contribution >= 4 is 12.6 Å². The highest BCUT2D eigenvalue weighted by molar-refractivity contribution is 7.82. The van der Waals surface area contributed by atoms with E-state index in [2.05, 4.69) is 51.1 Å². The zero-order valence-corrected chi connectivity index (χ0v) is 20.5. The smallest absolute Gasteiger partial charge is 0.0654 e. The molecule has 0 aromatic heterocycles. The first kappa shape index (κ1) is 25.7. The van der Waals surface area contributed by atoms with E-state index in [1.165, 1.54) is 115 Å². The Labute approximate surface area is 178 Å². The highest BCUT2D eigenvalue weighted by Crippen LogP contribution is 2.59. The van der Waals surface area contributed by atoms with Gasteiger partial charge in [0, 0.05) is 7.26 Å². The second-order valence-electron chi connectivity index (χ2n) is 8.89. The highest BCUT2D eigenvalue weighted by Gasteiger charge is 2.38. The number of benzene rings is 1. The van der Waals surface area contributed by atoms with Crippen molar-refractivity contribution in [2.24, 2.45) is 0 Å². The summed E-state index contributed by atoms with van der Waals surface area (Å²) in [4.78, 5) is 0. The van der Waals surface area contributed by atoms with E-state index in [9.17, 15) is 0 Å². The van der Waals surface area contributed by atoms with Gasteiger partial charge in [0.2, 0.25) is 0 Å². The molecular weight excluding hydrogens is 355 g/mol. The van der Waals surface area contributed by atoms with Crippen LogP contribution in [0.25, 0.3) is 0 Å². The molecule has 0 heterocycles. The van der Waals surface area contributed by atoms with Crippen LogP contribution in [-0.4, -0.2) is 18.5 Å². The Kier molecular flexibility index (Phi) is 16.1. The molecule has 0 N–H and O–H groups in total. The van der Waals surface area contributed by atoms with Gasteiger partial charge in [-0.05, 0) is 50.7 Å². The standard InChI is InChI=1S/C27H50P/c1-4-7-10-13-19-24-28(25-20-14-11-8-5-2,26-21-15-12-9-6-3)27-22-17-16-18-23-27/h16-18,22-23H,4-15,19-21,24-26H2,1-3H3/q+1. The van der Waals surface area contributed by atoms with Crippen LogP contribution in [-0.2, 0) is 0 Å². The van der Waals surface area contributed by atoms with Crippen LogP contribution < -0.4 is 5.30 Å². The topological polar surface area (TPSA) is 0 Å². The third-order valence-electron chi connectivity index (χ3n) is 6.37. The van der Waals surface area contributed by atoms with E-state index in [4.69, 9.17) is 0 Å². The summed E-state index contributed by atoms with van der Waals surface area (Å²) in [7, 11) is -0.994. The minimum Gasteiger partial charge on any atom is -0.0654 e. The number of unbranched alkanes of at least 4 members (excludes halogenated alkanes) is 12. The molecular formula is C27H50P+. The molecule has 28 heavy (non-hydrogen) atoms. The van der Waals surface area contributed by atoms with Gasteiger partial charge in [-0.2, -0.15) is 0 Å². The monoisotopic (exact) mass is 405 g/mol. The molecule has 0 bridgehead atoms. The van der Waals surface area contributed by atoms with Gasteiger partial charge in [-0.1, -0.05) is 96.8 Å². The fourth-order valence-electron chi connectivity index (χ4n) is 4.52. The highest BCUT2D eigenvalue weighted by atomic mass is 31.2. The lowest BCUT2D eigenvalue weighted by molar-refractivity contribution is 0.645. The minimum absolute atomic E-state index is 0.994. The van der Waals surface area contributed by atoms with Gasteiger partial charge >= 0.3 is 0 Å². The Morgan fingerprint density at radius 3 is 1.18 bits per heavy atom. The van der Waals surface area contributed by atoms with Gasteiger partial charge in [-0.25, -0.2) is 0 Å². The molecule has 1 aromatic carbocycles. The van der Waals surface area contributed by atoms with Crippen molar-refractivity contribution < 1.29 is 0 Å². The fraction of sp³-hybridized carbons (Fsp3) is 0.778. The zero-order chi connectivity index (χ0) is 20.3. The molecule has 0 aliphatic rings. The van der Waals surface area contributed by atoms with Crippen LogP contribution in [0.1, 0.15) is 117 Å². The van der Waals surface area contributed by atoms with E-state index < -0.39 is 7.26 Å². The van der Waals surface area contributed by atoms with Crippen LogP contribution in [0, 0.1) is 0 Å². The van der Waals surface area contributed by atoms with Crippen molar-refractivity contribution in [2.45, 2.75) is 117 Å². The van der Waals surface area contributed by atoms with E-state index in [0.29, 0.717) is 0 Å². The maximum atomic E-state index is 2.48. The first-order valence-electron chi connectivity index (χ1n) is 12.7. The van der Waals surface area contributed by atoms with Crippen LogP contribution in [0.5, 0.6) is 0 Å². The zero-order valence-electron chi connectivity index (χ0n) is 19.6. The molecule has 0 saturated heterocycles. The summed E-state index contributed by atoms with van der Waals surface area (Å²) in [5.41, 5.74) is 0. The van der Waals surface area contributed by atoms with E-state index in [-0.39, 0.29) is 0 Å². The maximum Gasteiger partial charge on any atom is 0.0939 e. The molecule has 0 radical (unpaired) electrons. The first-order chi connectivity index (χ1) is 13.8. The molecule has 0 unspecified atom stereocenters. The Morgan fingerprint density at radius 2 is 0.821 bits per heavy atom. The normalized spacial score (nSPS) is 11.8. The number of hydrogen-bond acceptors (Lipinski definition) is 0. The minimum atomic E-state index is -0.994. The summed E-state index contributed by atoms with van der Waals surface area (Å²) in [5, 5.41) is 1.75. The van der Waals surface area contributed by atoms with Gasteiger partial charge in [-0.3, -0.25) is 0 Å². The molecule has 0 saturated carbocycles. The summed E-state index contributed by atoms with van der Waals surface area (Å²) in [6.07, 6.45) is 26.0. The lowest BCUT2D eigenvalue weighted by Gasteiger charge is -2.28. The van der Waals surface area contributed by atoms with Gasteiger partial charge in [-0.15, -0.1) is 0 Å². The van der Waals surface area contributed by atoms with Gasteiger partial charge in [0.25, 0.3) is 0 Å². The van der Waals surface area contributed by atoms with E-state index >= 15 is 0 Å². The molecule has 0 aliphatic heterocycles. The Balaban J connectivity index is 2.76. The number of rotatable bonds is 19. The Bertz CT molecular complexity index is 403. The molecule has 0 nitrogen and oxygen atoms in total. The quantitative estimate of drug-likeness (QED) is 0.159. The van der Waals surface area contributed by atoms with Crippen LogP contribution in [0.15, 0.2) is 30.3 Å². The van der Waals surface area contributed by atoms with Crippen molar-refractivity contribution in [1.82, 2.24) is 0 Å². The molecule has 1 aromatic rings. The predicted molar refractivity (Wildman–Crippen MR) is 134 cm³/mol. The fourth-order valence-corrected chi connectivity index (χ4v) is 9.26. The second-order valence-corrected chi connectivity index (χ2v) is 13.0. The summed E-state index contributed by atoms with van der Waals surface area (Å²) in [6, 6.07) is 11.8. The van der Waals surface area contributed by atoms with Crippen LogP contribution in [0.2, 0.25) is 0 Å². The van der Waals surface area contributed by atoms with Crippen molar-refractivity contribution in [2.75, 3.05) is 18.5 Å². The lowest BCUT2D eigenvalue weighted by Crippen LogP contribution is -2.21. The van der Waals surface area contributed by atoms with Crippen LogP contribution in [0.3, 0.4) is 0 Å². The van der Waals surface area contributed by atoms with E-state index in [0.717, 1.165) is 0 Å². The van der Waals surface area contributed by atoms with Crippen molar-refractivity contribution in [1.29, 1.82) is 0 Å². The molecule has 1 heteroatoms. The molecule has 0 spiro atoms. The third-order valence-corrected chi connectivity index (χ3v) is 11.3. The predicted octanol–water partition coefficient (Wildman–Crippen LogP) is 9.24. The van der Waals surface area contributed by atoms with Crippen molar-refractivity contribution in [3.63, 3.8) is 0 Å². The average molecular weight is 406 g/mol. The van der Waals surface area contributed by atoms with Gasteiger partial charge in [0.15, 0.2) is 0 Å². The molecule has 1 rings (SSSR count). The summed E-state index contributed by atoms with van der Waals surface area (Å²) in [5.74, 6) is 0. The van der Waals surface area contributed by atoms with Crippen molar-refractivity contribution in [3.8, 4) is 0 Å².